The van der Waals surface area contributed by atoms with Crippen molar-refractivity contribution in [3.05, 3.63) is 34.3 Å². The number of nitrogens with one attached hydrogen (secondary N) is 2. The zero-order valence-electron chi connectivity index (χ0n) is 17.0. The summed E-state index contributed by atoms with van der Waals surface area (Å²) in [5.41, 5.74) is 4.10. The molecular weight excluding hydrogens is 374 g/mol. The van der Waals surface area contributed by atoms with Crippen molar-refractivity contribution in [3.63, 3.8) is 0 Å². The van der Waals surface area contributed by atoms with Crippen molar-refractivity contribution in [2.45, 2.75) is 32.4 Å². The van der Waals surface area contributed by atoms with Crippen LogP contribution in [-0.2, 0) is 6.54 Å². The molecule has 1 fully saturated rings. The first-order valence-electron chi connectivity index (χ1n) is 9.47. The van der Waals surface area contributed by atoms with Gasteiger partial charge in [0.05, 0.1) is 32.0 Å². The van der Waals surface area contributed by atoms with E-state index in [9.17, 15) is 0 Å². The first kappa shape index (κ1) is 20.3. The lowest BCUT2D eigenvalue weighted by atomic mass is 10.0. The maximum absolute atomic E-state index is 5.40. The molecular formula is C20H29N5O2S. The lowest BCUT2D eigenvalue weighted by Crippen LogP contribution is -2.48. The van der Waals surface area contributed by atoms with Crippen molar-refractivity contribution >= 4 is 23.0 Å². The lowest BCUT2D eigenvalue weighted by Gasteiger charge is -2.34. The molecule has 152 valence electrons. The Labute approximate surface area is 170 Å². The van der Waals surface area contributed by atoms with E-state index in [1.807, 2.05) is 25.5 Å². The van der Waals surface area contributed by atoms with E-state index in [0.717, 1.165) is 61.3 Å². The third-order valence-corrected chi connectivity index (χ3v) is 5.96. The number of thiazole rings is 1. The van der Waals surface area contributed by atoms with Crippen molar-refractivity contribution in [2.24, 2.45) is 4.99 Å². The van der Waals surface area contributed by atoms with Crippen LogP contribution in [0.5, 0.6) is 11.5 Å². The predicted molar refractivity (Wildman–Crippen MR) is 115 cm³/mol. The molecule has 28 heavy (non-hydrogen) atoms. The van der Waals surface area contributed by atoms with Crippen LogP contribution in [0, 0.1) is 6.92 Å². The standard InChI is InChI=1S/C20H29N5O2S/c1-14-19(28-13-23-14)12-22-20(21-2)24-15-5-7-25(8-6-15)16-9-17(26-3)11-18(10-16)27-4/h9-11,13,15H,5-8,12H2,1-4H3,(H2,21,22,24). The number of rotatable bonds is 6. The normalized spacial score (nSPS) is 15.4. The largest absolute Gasteiger partial charge is 0.497 e. The average molecular weight is 404 g/mol. The Balaban J connectivity index is 1.52. The van der Waals surface area contributed by atoms with E-state index in [1.165, 1.54) is 4.88 Å². The van der Waals surface area contributed by atoms with E-state index >= 15 is 0 Å². The van der Waals surface area contributed by atoms with E-state index in [1.54, 1.807) is 25.6 Å². The molecule has 8 heteroatoms. The van der Waals surface area contributed by atoms with Gasteiger partial charge < -0.3 is 25.0 Å². The number of hydrogen-bond donors (Lipinski definition) is 2. The Bertz CT molecular complexity index is 777. The second kappa shape index (κ2) is 9.64. The van der Waals surface area contributed by atoms with E-state index < -0.39 is 0 Å². The zero-order valence-corrected chi connectivity index (χ0v) is 17.8. The molecule has 1 aromatic heterocycles. The van der Waals surface area contributed by atoms with Crippen LogP contribution in [0.4, 0.5) is 5.69 Å². The highest BCUT2D eigenvalue weighted by molar-refractivity contribution is 7.09. The van der Waals surface area contributed by atoms with E-state index in [4.69, 9.17) is 9.47 Å². The maximum atomic E-state index is 5.40. The molecule has 0 amide bonds. The van der Waals surface area contributed by atoms with Crippen LogP contribution in [0.1, 0.15) is 23.4 Å². The van der Waals surface area contributed by atoms with Gasteiger partial charge in [-0.2, -0.15) is 0 Å². The number of methoxy groups -OCH3 is 2. The molecule has 3 rings (SSSR count). The molecule has 0 bridgehead atoms. The van der Waals surface area contributed by atoms with Gasteiger partial charge >= 0.3 is 0 Å². The average Bonchev–Trinajstić information content (AvgIpc) is 3.15. The topological polar surface area (TPSA) is 71.0 Å². The number of hydrogen-bond acceptors (Lipinski definition) is 6. The Morgan fingerprint density at radius 1 is 1.21 bits per heavy atom. The number of ether oxygens (including phenoxy) is 2. The van der Waals surface area contributed by atoms with E-state index in [0.29, 0.717) is 6.04 Å². The van der Waals surface area contributed by atoms with Crippen LogP contribution >= 0.6 is 11.3 Å². The number of piperidine rings is 1. The summed E-state index contributed by atoms with van der Waals surface area (Å²) in [5, 5.41) is 6.95. The molecule has 1 aromatic carbocycles. The van der Waals surface area contributed by atoms with Crippen LogP contribution in [0.3, 0.4) is 0 Å². The summed E-state index contributed by atoms with van der Waals surface area (Å²) < 4.78 is 10.8. The van der Waals surface area contributed by atoms with Crippen LogP contribution in [0.2, 0.25) is 0 Å². The summed E-state index contributed by atoms with van der Waals surface area (Å²) in [6, 6.07) is 6.43. The maximum Gasteiger partial charge on any atom is 0.191 e. The summed E-state index contributed by atoms with van der Waals surface area (Å²) in [6.07, 6.45) is 2.08. The zero-order chi connectivity index (χ0) is 19.9. The number of aliphatic imine (C=N–C) groups is 1. The van der Waals surface area contributed by atoms with Gasteiger partial charge in [-0.3, -0.25) is 4.99 Å². The Morgan fingerprint density at radius 2 is 1.89 bits per heavy atom. The van der Waals surface area contributed by atoms with Crippen molar-refractivity contribution in [1.82, 2.24) is 15.6 Å². The number of nitrogens with zero attached hydrogens (tertiary/aromatic N) is 3. The molecule has 0 aliphatic carbocycles. The van der Waals surface area contributed by atoms with Crippen molar-refractivity contribution in [2.75, 3.05) is 39.3 Å². The van der Waals surface area contributed by atoms with Gasteiger partial charge in [-0.15, -0.1) is 11.3 Å². The highest BCUT2D eigenvalue weighted by Crippen LogP contribution is 2.30. The fourth-order valence-corrected chi connectivity index (χ4v) is 4.02. The van der Waals surface area contributed by atoms with Crippen LogP contribution in [0.25, 0.3) is 0 Å². The Hall–Kier alpha value is -2.48. The second-order valence-electron chi connectivity index (χ2n) is 6.76. The van der Waals surface area contributed by atoms with Gasteiger partial charge in [0.2, 0.25) is 0 Å². The summed E-state index contributed by atoms with van der Waals surface area (Å²) in [7, 11) is 5.18. The molecule has 0 atom stereocenters. The number of guanidine groups is 1. The van der Waals surface area contributed by atoms with Gasteiger partial charge in [0.1, 0.15) is 11.5 Å². The fourth-order valence-electron chi connectivity index (χ4n) is 3.30. The minimum Gasteiger partial charge on any atom is -0.497 e. The molecule has 2 heterocycles. The minimum absolute atomic E-state index is 0.400. The number of anilines is 1. The number of benzene rings is 1. The number of aromatic nitrogens is 1. The van der Waals surface area contributed by atoms with Crippen molar-refractivity contribution in [3.8, 4) is 11.5 Å². The highest BCUT2D eigenvalue weighted by atomic mass is 32.1. The van der Waals surface area contributed by atoms with Gasteiger partial charge in [0, 0.05) is 54.9 Å². The summed E-state index contributed by atoms with van der Waals surface area (Å²) in [5.74, 6) is 2.48. The molecule has 0 saturated carbocycles. The fraction of sp³-hybridized carbons (Fsp3) is 0.500. The molecule has 0 radical (unpaired) electrons. The lowest BCUT2D eigenvalue weighted by molar-refractivity contribution is 0.393. The van der Waals surface area contributed by atoms with Crippen LogP contribution in [-0.4, -0.2) is 51.3 Å². The smallest absolute Gasteiger partial charge is 0.191 e. The first-order chi connectivity index (χ1) is 13.6. The van der Waals surface area contributed by atoms with Crippen molar-refractivity contribution < 1.29 is 9.47 Å². The monoisotopic (exact) mass is 403 g/mol. The molecule has 2 N–H and O–H groups in total. The van der Waals surface area contributed by atoms with Crippen LogP contribution < -0.4 is 25.0 Å². The Kier molecular flexibility index (Phi) is 6.97. The summed E-state index contributed by atoms with van der Waals surface area (Å²) in [6.45, 7) is 4.73. The molecule has 0 unspecified atom stereocenters. The van der Waals surface area contributed by atoms with Gasteiger partial charge in [-0.1, -0.05) is 0 Å². The van der Waals surface area contributed by atoms with Gasteiger partial charge in [0.15, 0.2) is 5.96 Å². The molecule has 0 spiro atoms. The molecule has 7 nitrogen and oxygen atoms in total. The third-order valence-electron chi connectivity index (χ3n) is 5.02. The first-order valence-corrected chi connectivity index (χ1v) is 10.3. The van der Waals surface area contributed by atoms with E-state index in [2.05, 4.69) is 37.6 Å². The van der Waals surface area contributed by atoms with Gasteiger partial charge in [-0.05, 0) is 19.8 Å². The van der Waals surface area contributed by atoms with Gasteiger partial charge in [-0.25, -0.2) is 4.98 Å². The third kappa shape index (κ3) is 5.07. The molecule has 1 saturated heterocycles. The predicted octanol–water partition coefficient (Wildman–Crippen LogP) is 2.80. The van der Waals surface area contributed by atoms with Gasteiger partial charge in [0.25, 0.3) is 0 Å². The summed E-state index contributed by atoms with van der Waals surface area (Å²) >= 11 is 1.67. The molecule has 1 aliphatic heterocycles. The SMILES string of the molecule is CN=C(NCc1scnc1C)NC1CCN(c2cc(OC)cc(OC)c2)CC1. The summed E-state index contributed by atoms with van der Waals surface area (Å²) in [4.78, 5) is 12.3. The molecule has 2 aromatic rings. The second-order valence-corrected chi connectivity index (χ2v) is 7.70. The minimum atomic E-state index is 0.400. The van der Waals surface area contributed by atoms with E-state index in [-0.39, 0.29) is 0 Å². The quantitative estimate of drug-likeness (QED) is 0.571. The highest BCUT2D eigenvalue weighted by Gasteiger charge is 2.21. The molecule has 1 aliphatic rings. The van der Waals surface area contributed by atoms with Crippen molar-refractivity contribution in [1.29, 1.82) is 0 Å². The Morgan fingerprint density at radius 3 is 2.43 bits per heavy atom. The van der Waals surface area contributed by atoms with Crippen LogP contribution in [0.15, 0.2) is 28.7 Å². The number of aryl methyl sites for hydroxylation is 1.